The van der Waals surface area contributed by atoms with Gasteiger partial charge in [-0.2, -0.15) is 12.6 Å². The third kappa shape index (κ3) is 3.87. The number of rotatable bonds is 3. The van der Waals surface area contributed by atoms with Gasteiger partial charge < -0.3 is 9.80 Å². The zero-order valence-corrected chi connectivity index (χ0v) is 30.3. The van der Waals surface area contributed by atoms with Crippen LogP contribution in [0.15, 0.2) is 165 Å². The molecule has 0 N–H and O–H groups in total. The highest BCUT2D eigenvalue weighted by atomic mass is 32.2. The molecule has 6 aliphatic rings. The molecule has 6 heteroatoms. The number of thiol groups is 1. The Hall–Kier alpha value is -4.23. The summed E-state index contributed by atoms with van der Waals surface area (Å²) in [6.07, 6.45) is 9.97. The number of allylic oxidation sites excluding steroid dienone is 5. The molecular weight excluding hydrogens is 664 g/mol. The van der Waals surface area contributed by atoms with Gasteiger partial charge in [-0.1, -0.05) is 103 Å². The standard InChI is InChI=1S/C44H33BN2S3/c1-43(48)25-12-11-19-31(43)29-23-24-35-39-41(29)46(27-14-5-3-6-15-27)32-20-13-21-33-38(32)45(39)40-36(49-35)26-44(2)37(30-18-9-10-22-34(30)50-44)42(40)47(33)28-16-7-4-8-17-28/h3-25,31,48H,26H2,1-2H3/t31-,43?,44?/m1/s1. The van der Waals surface area contributed by atoms with Crippen LogP contribution in [0.3, 0.4) is 0 Å². The van der Waals surface area contributed by atoms with Crippen molar-refractivity contribution in [2.75, 3.05) is 9.80 Å². The van der Waals surface area contributed by atoms with Gasteiger partial charge in [0.15, 0.2) is 0 Å². The molecule has 50 heavy (non-hydrogen) atoms. The van der Waals surface area contributed by atoms with E-state index in [1.54, 1.807) is 0 Å². The van der Waals surface area contributed by atoms with E-state index in [0.717, 1.165) is 6.42 Å². The Kier molecular flexibility index (Phi) is 6.14. The van der Waals surface area contributed by atoms with E-state index in [0.29, 0.717) is 0 Å². The predicted octanol–water partition coefficient (Wildman–Crippen LogP) is 10.7. The zero-order valence-electron chi connectivity index (χ0n) is 27.8. The fourth-order valence-electron chi connectivity index (χ4n) is 9.47. The minimum Gasteiger partial charge on any atom is -0.311 e. The van der Waals surface area contributed by atoms with Crippen LogP contribution in [0.2, 0.25) is 0 Å². The molecule has 0 saturated heterocycles. The molecule has 2 unspecified atom stereocenters. The molecule has 4 heterocycles. The largest absolute Gasteiger partial charge is 0.311 e. The van der Waals surface area contributed by atoms with Crippen molar-refractivity contribution in [2.45, 2.75) is 45.5 Å². The third-order valence-electron chi connectivity index (χ3n) is 11.4. The van der Waals surface area contributed by atoms with Crippen molar-refractivity contribution in [1.29, 1.82) is 0 Å². The van der Waals surface area contributed by atoms with Crippen molar-refractivity contribution >= 4 is 87.8 Å². The average molecular weight is 697 g/mol. The molecule has 4 aliphatic heterocycles. The number of anilines is 5. The molecule has 240 valence electrons. The normalized spacial score (nSPS) is 24.8. The lowest BCUT2D eigenvalue weighted by Gasteiger charge is -2.52. The van der Waals surface area contributed by atoms with Crippen molar-refractivity contribution < 1.29 is 0 Å². The summed E-state index contributed by atoms with van der Waals surface area (Å²) >= 11 is 9.36. The van der Waals surface area contributed by atoms with Gasteiger partial charge in [-0.05, 0) is 101 Å². The third-order valence-corrected chi connectivity index (χ3v) is 14.4. The molecule has 11 rings (SSSR count). The first-order valence-electron chi connectivity index (χ1n) is 17.5. The molecule has 3 atom stereocenters. The minimum absolute atomic E-state index is 0.0644. The van der Waals surface area contributed by atoms with E-state index in [4.69, 9.17) is 12.6 Å². The number of para-hydroxylation sites is 2. The van der Waals surface area contributed by atoms with Gasteiger partial charge in [-0.25, -0.2) is 0 Å². The van der Waals surface area contributed by atoms with Crippen molar-refractivity contribution in [3.05, 3.63) is 167 Å². The fourth-order valence-corrected chi connectivity index (χ4v) is 12.7. The minimum atomic E-state index is -0.322. The lowest BCUT2D eigenvalue weighted by atomic mass is 9.31. The van der Waals surface area contributed by atoms with E-state index in [9.17, 15) is 0 Å². The Morgan fingerprint density at radius 3 is 2.18 bits per heavy atom. The lowest BCUT2D eigenvalue weighted by molar-refractivity contribution is 0.693. The monoisotopic (exact) mass is 696 g/mol. The molecular formula is C44H33BN2S3. The number of thioether (sulfide) groups is 2. The molecule has 2 nitrogen and oxygen atoms in total. The van der Waals surface area contributed by atoms with Crippen molar-refractivity contribution in [3.8, 4) is 0 Å². The summed E-state index contributed by atoms with van der Waals surface area (Å²) in [5.41, 5.74) is 16.2. The maximum absolute atomic E-state index is 5.29. The van der Waals surface area contributed by atoms with Crippen molar-refractivity contribution in [3.63, 3.8) is 0 Å². The first-order valence-corrected chi connectivity index (χ1v) is 19.5. The van der Waals surface area contributed by atoms with Gasteiger partial charge in [-0.3, -0.25) is 0 Å². The smallest absolute Gasteiger partial charge is 0.254 e. The molecule has 0 amide bonds. The molecule has 5 aromatic rings. The summed E-state index contributed by atoms with van der Waals surface area (Å²) in [7, 11) is 0. The molecule has 0 saturated carbocycles. The van der Waals surface area contributed by atoms with Crippen LogP contribution in [0.4, 0.5) is 28.4 Å². The summed E-state index contributed by atoms with van der Waals surface area (Å²) in [4.78, 5) is 9.46. The van der Waals surface area contributed by atoms with E-state index >= 15 is 0 Å². The van der Waals surface area contributed by atoms with E-state index in [1.807, 2.05) is 11.8 Å². The van der Waals surface area contributed by atoms with Crippen LogP contribution >= 0.6 is 36.2 Å². The first-order chi connectivity index (χ1) is 24.4. The molecule has 5 aromatic carbocycles. The second kappa shape index (κ2) is 10.4. The second-order valence-corrected chi connectivity index (χ2v) is 18.2. The maximum atomic E-state index is 5.29. The number of hydrogen-bond acceptors (Lipinski definition) is 5. The van der Waals surface area contributed by atoms with E-state index in [-0.39, 0.29) is 22.1 Å². The highest BCUT2D eigenvalue weighted by Crippen LogP contribution is 2.65. The summed E-state index contributed by atoms with van der Waals surface area (Å²) < 4.78 is -0.386. The van der Waals surface area contributed by atoms with Crippen LogP contribution < -0.4 is 20.7 Å². The van der Waals surface area contributed by atoms with Gasteiger partial charge in [0.05, 0.1) is 0 Å². The quantitative estimate of drug-likeness (QED) is 0.148. The maximum Gasteiger partial charge on any atom is 0.254 e. The molecule has 0 radical (unpaired) electrons. The van der Waals surface area contributed by atoms with Gasteiger partial charge in [0.2, 0.25) is 0 Å². The Bertz CT molecular complexity index is 2430. The average Bonchev–Trinajstić information content (AvgIpc) is 3.44. The Balaban J connectivity index is 1.29. The lowest BCUT2D eigenvalue weighted by Crippen LogP contribution is -2.60. The molecule has 0 bridgehead atoms. The topological polar surface area (TPSA) is 6.48 Å². The van der Waals surface area contributed by atoms with Gasteiger partial charge in [0, 0.05) is 64.9 Å². The van der Waals surface area contributed by atoms with Crippen LogP contribution in [-0.4, -0.2) is 16.2 Å². The summed E-state index contributed by atoms with van der Waals surface area (Å²) in [5, 5.41) is 0. The zero-order chi connectivity index (χ0) is 33.4. The highest BCUT2D eigenvalue weighted by Gasteiger charge is 2.56. The Morgan fingerprint density at radius 2 is 1.42 bits per heavy atom. The van der Waals surface area contributed by atoms with Gasteiger partial charge in [0.25, 0.3) is 6.71 Å². The van der Waals surface area contributed by atoms with Crippen LogP contribution in [0.5, 0.6) is 0 Å². The number of benzene rings is 5. The van der Waals surface area contributed by atoms with Crippen LogP contribution in [0.1, 0.15) is 37.3 Å². The SMILES string of the molecule is CC12CC3=C4B5c6c(cccc6N(c6ccccc6)c6c([C@H]7C=CC=CC7(C)S)ccc(c65)S3)N(c3ccccc3)C4=C1c1ccccc1S2. The molecule has 0 spiro atoms. The Morgan fingerprint density at radius 1 is 0.720 bits per heavy atom. The van der Waals surface area contributed by atoms with Crippen LogP contribution in [-0.2, 0) is 0 Å². The predicted molar refractivity (Wildman–Crippen MR) is 218 cm³/mol. The van der Waals surface area contributed by atoms with E-state index < -0.39 is 0 Å². The second-order valence-electron chi connectivity index (χ2n) is 14.5. The van der Waals surface area contributed by atoms with Crippen LogP contribution in [0.25, 0.3) is 5.57 Å². The number of hydrogen-bond donors (Lipinski definition) is 1. The van der Waals surface area contributed by atoms with Crippen molar-refractivity contribution in [1.82, 2.24) is 0 Å². The summed E-state index contributed by atoms with van der Waals surface area (Å²) in [5.74, 6) is 0.113. The van der Waals surface area contributed by atoms with Crippen molar-refractivity contribution in [2.24, 2.45) is 0 Å². The van der Waals surface area contributed by atoms with Gasteiger partial charge >= 0.3 is 0 Å². The number of fused-ring (bicyclic) bond motifs is 3. The van der Waals surface area contributed by atoms with E-state index in [1.165, 1.54) is 81.9 Å². The number of nitrogens with zero attached hydrogens (tertiary/aromatic N) is 2. The first kappa shape index (κ1) is 29.5. The Labute approximate surface area is 308 Å². The fraction of sp³-hybridized carbons (Fsp3) is 0.136. The molecule has 2 aliphatic carbocycles. The summed E-state index contributed by atoms with van der Waals surface area (Å²) in [6, 6.07) is 43.0. The van der Waals surface area contributed by atoms with Gasteiger partial charge in [-0.15, -0.1) is 11.8 Å². The molecule has 0 aromatic heterocycles. The summed E-state index contributed by atoms with van der Waals surface area (Å²) in [6.45, 7) is 4.86. The molecule has 0 fully saturated rings. The van der Waals surface area contributed by atoms with Crippen LogP contribution in [0, 0.1) is 0 Å². The highest BCUT2D eigenvalue weighted by molar-refractivity contribution is 8.04. The van der Waals surface area contributed by atoms with E-state index in [2.05, 4.69) is 175 Å². The van der Waals surface area contributed by atoms with Gasteiger partial charge in [0.1, 0.15) is 0 Å².